The first-order valence-corrected chi connectivity index (χ1v) is 11.4. The molecule has 1 atom stereocenters. The van der Waals surface area contributed by atoms with Gasteiger partial charge in [-0.25, -0.2) is 22.0 Å². The van der Waals surface area contributed by atoms with Crippen LogP contribution in [0.3, 0.4) is 0 Å². The van der Waals surface area contributed by atoms with Gasteiger partial charge in [-0.3, -0.25) is 0 Å². The lowest BCUT2D eigenvalue weighted by molar-refractivity contribution is 0.189. The summed E-state index contributed by atoms with van der Waals surface area (Å²) in [6, 6.07) is 1.13. The molecule has 24 heavy (non-hydrogen) atoms. The molecule has 1 aliphatic rings. The summed E-state index contributed by atoms with van der Waals surface area (Å²) in [6.45, 7) is 3.78. The van der Waals surface area contributed by atoms with Gasteiger partial charge in [0.05, 0.1) is 0 Å². The third kappa shape index (κ3) is 4.15. The summed E-state index contributed by atoms with van der Waals surface area (Å²) >= 11 is 0.719. The molecule has 0 aliphatic carbocycles. The second-order valence-corrected chi connectivity index (χ2v) is 10.5. The molecule has 138 valence electrons. The van der Waals surface area contributed by atoms with E-state index in [0.717, 1.165) is 17.8 Å². The van der Waals surface area contributed by atoms with Crippen LogP contribution in [0.15, 0.2) is 14.5 Å². The van der Waals surface area contributed by atoms with Gasteiger partial charge >= 0.3 is 0 Å². The van der Waals surface area contributed by atoms with E-state index in [9.17, 15) is 16.8 Å². The molecule has 0 fully saturated rings. The van der Waals surface area contributed by atoms with Crippen molar-refractivity contribution in [2.75, 3.05) is 33.4 Å². The maximum Gasteiger partial charge on any atom is 0.252 e. The van der Waals surface area contributed by atoms with E-state index in [-0.39, 0.29) is 21.0 Å². The molecule has 0 radical (unpaired) electrons. The van der Waals surface area contributed by atoms with Gasteiger partial charge in [-0.1, -0.05) is 6.92 Å². The minimum Gasteiger partial charge on any atom is -0.385 e. The predicted octanol–water partition coefficient (Wildman–Crippen LogP) is 0.477. The molecule has 11 heteroatoms. The highest BCUT2D eigenvalue weighted by Gasteiger charge is 2.39. The fraction of sp³-hybridized carbons (Fsp3) is 0.692. The van der Waals surface area contributed by atoms with Gasteiger partial charge in [0, 0.05) is 38.4 Å². The van der Waals surface area contributed by atoms with Gasteiger partial charge in [0.25, 0.3) is 10.0 Å². The van der Waals surface area contributed by atoms with Crippen molar-refractivity contribution >= 4 is 31.4 Å². The molecule has 1 aromatic rings. The Morgan fingerprint density at radius 2 is 2.17 bits per heavy atom. The van der Waals surface area contributed by atoms with Gasteiger partial charge in [-0.15, -0.1) is 11.3 Å². The maximum absolute atomic E-state index is 12.8. The van der Waals surface area contributed by atoms with Crippen molar-refractivity contribution in [1.82, 2.24) is 9.62 Å². The van der Waals surface area contributed by atoms with Crippen molar-refractivity contribution in [2.45, 2.75) is 34.2 Å². The average Bonchev–Trinajstić information content (AvgIpc) is 2.95. The molecule has 0 amide bonds. The lowest BCUT2D eigenvalue weighted by Gasteiger charge is -2.32. The Morgan fingerprint density at radius 3 is 2.75 bits per heavy atom. The van der Waals surface area contributed by atoms with E-state index in [1.165, 1.54) is 10.4 Å². The maximum atomic E-state index is 12.8. The van der Waals surface area contributed by atoms with Gasteiger partial charge in [0.2, 0.25) is 10.0 Å². The number of primary sulfonamides is 1. The standard InChI is InChI=1S/C13H23N3O5S3/c1-3-15-11-9-16(6-4-5-7-21-2)24(19,20)13-10(11)8-12(22-13)23(14,17)18/h8,11,15H,3-7,9H2,1-2H3,(H2,14,17,18)/t11-/m0/s1. The van der Waals surface area contributed by atoms with Crippen LogP contribution in [-0.4, -0.2) is 54.5 Å². The molecule has 8 nitrogen and oxygen atoms in total. The quantitative estimate of drug-likeness (QED) is 0.616. The minimum absolute atomic E-state index is 0.0652. The monoisotopic (exact) mass is 397 g/mol. The van der Waals surface area contributed by atoms with Crippen LogP contribution in [0.1, 0.15) is 31.4 Å². The Labute approximate surface area is 147 Å². The summed E-state index contributed by atoms with van der Waals surface area (Å²) in [5, 5.41) is 8.38. The van der Waals surface area contributed by atoms with Crippen LogP contribution in [0.4, 0.5) is 0 Å². The van der Waals surface area contributed by atoms with Crippen molar-refractivity contribution in [2.24, 2.45) is 5.14 Å². The first-order chi connectivity index (χ1) is 11.2. The number of thiophene rings is 1. The number of fused-ring (bicyclic) bond motifs is 1. The summed E-state index contributed by atoms with van der Waals surface area (Å²) in [4.78, 5) is 0. The van der Waals surface area contributed by atoms with Crippen molar-refractivity contribution in [3.63, 3.8) is 0 Å². The van der Waals surface area contributed by atoms with Crippen molar-refractivity contribution < 1.29 is 21.6 Å². The zero-order chi connectivity index (χ0) is 18.0. The van der Waals surface area contributed by atoms with Crippen LogP contribution in [0, 0.1) is 0 Å². The number of likely N-dealkylation sites (N-methyl/N-ethyl adjacent to an activating group) is 1. The normalized spacial score (nSPS) is 20.9. The molecule has 0 aromatic carbocycles. The number of nitrogens with zero attached hydrogens (tertiary/aromatic N) is 1. The second-order valence-electron chi connectivity index (χ2n) is 5.53. The highest BCUT2D eigenvalue weighted by Crippen LogP contribution is 2.39. The largest absolute Gasteiger partial charge is 0.385 e. The smallest absolute Gasteiger partial charge is 0.252 e. The lowest BCUT2D eigenvalue weighted by atomic mass is 10.1. The molecule has 0 saturated carbocycles. The number of ether oxygens (including phenoxy) is 1. The third-order valence-corrected chi connectivity index (χ3v) is 8.74. The van der Waals surface area contributed by atoms with E-state index >= 15 is 0 Å². The Balaban J connectivity index is 2.36. The van der Waals surface area contributed by atoms with E-state index in [1.807, 2.05) is 6.92 Å². The highest BCUT2D eigenvalue weighted by atomic mass is 32.3. The number of unbranched alkanes of at least 4 members (excludes halogenated alkanes) is 1. The second kappa shape index (κ2) is 7.77. The third-order valence-electron chi connectivity index (χ3n) is 3.78. The van der Waals surface area contributed by atoms with Crippen LogP contribution in [-0.2, 0) is 24.8 Å². The topological polar surface area (TPSA) is 119 Å². The molecule has 2 heterocycles. The van der Waals surface area contributed by atoms with Crippen LogP contribution in [0.5, 0.6) is 0 Å². The first-order valence-electron chi connectivity index (χ1n) is 7.60. The molecule has 0 saturated heterocycles. The fourth-order valence-corrected chi connectivity index (χ4v) is 6.94. The summed E-state index contributed by atoms with van der Waals surface area (Å²) < 4.78 is 55.1. The number of nitrogens with one attached hydrogen (secondary N) is 1. The van der Waals surface area contributed by atoms with Crippen molar-refractivity contribution in [3.8, 4) is 0 Å². The van der Waals surface area contributed by atoms with Gasteiger partial charge in [0.15, 0.2) is 0 Å². The number of rotatable bonds is 8. The molecule has 0 bridgehead atoms. The minimum atomic E-state index is -3.94. The Morgan fingerprint density at radius 1 is 1.46 bits per heavy atom. The van der Waals surface area contributed by atoms with Gasteiger partial charge < -0.3 is 10.1 Å². The van der Waals surface area contributed by atoms with E-state index in [1.54, 1.807) is 7.11 Å². The van der Waals surface area contributed by atoms with E-state index in [2.05, 4.69) is 5.32 Å². The van der Waals surface area contributed by atoms with Crippen LogP contribution in [0.25, 0.3) is 0 Å². The molecular formula is C13H23N3O5S3. The van der Waals surface area contributed by atoms with Crippen LogP contribution < -0.4 is 10.5 Å². The fourth-order valence-electron chi connectivity index (χ4n) is 2.63. The average molecular weight is 398 g/mol. The van der Waals surface area contributed by atoms with Crippen LogP contribution >= 0.6 is 11.3 Å². The summed E-state index contributed by atoms with van der Waals surface area (Å²) in [7, 11) is -6.04. The Bertz CT molecular complexity index is 773. The molecule has 0 spiro atoms. The lowest BCUT2D eigenvalue weighted by Crippen LogP contribution is -2.43. The van der Waals surface area contributed by atoms with Gasteiger partial charge in [-0.05, 0) is 25.5 Å². The summed E-state index contributed by atoms with van der Waals surface area (Å²) in [6.07, 6.45) is 1.43. The number of methoxy groups -OCH3 is 1. The molecule has 3 N–H and O–H groups in total. The number of nitrogens with two attached hydrogens (primary N) is 1. The highest BCUT2D eigenvalue weighted by molar-refractivity contribution is 7.94. The van der Waals surface area contributed by atoms with Gasteiger partial charge in [-0.2, -0.15) is 4.31 Å². The first kappa shape index (κ1) is 19.8. The molecular weight excluding hydrogens is 374 g/mol. The number of hydrogen-bond donors (Lipinski definition) is 2. The van der Waals surface area contributed by atoms with E-state index < -0.39 is 20.0 Å². The Hall–Kier alpha value is -0.560. The van der Waals surface area contributed by atoms with Gasteiger partial charge in [0.1, 0.15) is 8.42 Å². The Kier molecular flexibility index (Phi) is 6.40. The van der Waals surface area contributed by atoms with Crippen molar-refractivity contribution in [3.05, 3.63) is 11.6 Å². The number of sulfonamides is 2. The molecule has 2 rings (SSSR count). The zero-order valence-corrected chi connectivity index (χ0v) is 16.1. The summed E-state index contributed by atoms with van der Waals surface area (Å²) in [5.74, 6) is 0. The zero-order valence-electron chi connectivity index (χ0n) is 13.7. The van der Waals surface area contributed by atoms with E-state index in [4.69, 9.17) is 9.88 Å². The summed E-state index contributed by atoms with van der Waals surface area (Å²) in [5.41, 5.74) is 0.485. The predicted molar refractivity (Wildman–Crippen MR) is 92.0 cm³/mol. The molecule has 1 aromatic heterocycles. The molecule has 1 aliphatic heterocycles. The van der Waals surface area contributed by atoms with Crippen molar-refractivity contribution in [1.29, 1.82) is 0 Å². The number of hydrogen-bond acceptors (Lipinski definition) is 7. The van der Waals surface area contributed by atoms with Crippen LogP contribution in [0.2, 0.25) is 0 Å². The van der Waals surface area contributed by atoms with E-state index in [0.29, 0.717) is 31.7 Å². The SMILES string of the molecule is CCN[C@H]1CN(CCCCOC)S(=O)(=O)c2sc(S(N)(=O)=O)cc21. The molecule has 0 unspecified atom stereocenters.